The molecule has 0 spiro atoms. The predicted molar refractivity (Wildman–Crippen MR) is 109 cm³/mol. The fourth-order valence-corrected chi connectivity index (χ4v) is 2.95. The van der Waals surface area contributed by atoms with Gasteiger partial charge in [0.15, 0.2) is 0 Å². The standard InChI is InChI=1S/C21H23Cl2NO/c1-13(2)16-6-5-7-17(14(3)4)21(16)24-20(25)11-9-15-8-10-18(22)19(23)12-15/h5-14H,1-4H3,(H,24,25)/b11-9+. The number of carbonyl (C=O) groups is 1. The maximum Gasteiger partial charge on any atom is 0.248 e. The van der Waals surface area contributed by atoms with E-state index in [1.807, 2.05) is 12.1 Å². The molecule has 2 nitrogen and oxygen atoms in total. The van der Waals surface area contributed by atoms with E-state index in [0.29, 0.717) is 21.9 Å². The molecular weight excluding hydrogens is 353 g/mol. The molecule has 0 unspecified atom stereocenters. The highest BCUT2D eigenvalue weighted by Crippen LogP contribution is 2.32. The quantitative estimate of drug-likeness (QED) is 0.566. The molecule has 0 atom stereocenters. The molecule has 2 aromatic rings. The van der Waals surface area contributed by atoms with Crippen LogP contribution in [0, 0.1) is 0 Å². The van der Waals surface area contributed by atoms with E-state index in [-0.39, 0.29) is 5.91 Å². The van der Waals surface area contributed by atoms with Crippen LogP contribution in [-0.4, -0.2) is 5.91 Å². The molecule has 1 amide bonds. The Hall–Kier alpha value is -1.77. The molecule has 2 aromatic carbocycles. The average Bonchev–Trinajstić information content (AvgIpc) is 2.55. The highest BCUT2D eigenvalue weighted by Gasteiger charge is 2.14. The summed E-state index contributed by atoms with van der Waals surface area (Å²) in [5.74, 6) is 0.488. The van der Waals surface area contributed by atoms with Gasteiger partial charge in [0.2, 0.25) is 5.91 Å². The summed E-state index contributed by atoms with van der Waals surface area (Å²) < 4.78 is 0. The third kappa shape index (κ3) is 5.10. The largest absolute Gasteiger partial charge is 0.322 e. The molecule has 0 aliphatic rings. The van der Waals surface area contributed by atoms with E-state index in [4.69, 9.17) is 23.2 Å². The summed E-state index contributed by atoms with van der Waals surface area (Å²) in [4.78, 5) is 12.4. The summed E-state index contributed by atoms with van der Waals surface area (Å²) in [5.41, 5.74) is 4.02. The van der Waals surface area contributed by atoms with Gasteiger partial charge in [0.05, 0.1) is 10.0 Å². The summed E-state index contributed by atoms with van der Waals surface area (Å²) >= 11 is 11.9. The van der Waals surface area contributed by atoms with Crippen LogP contribution < -0.4 is 5.32 Å². The Morgan fingerprint density at radius 3 is 2.08 bits per heavy atom. The molecule has 0 aromatic heterocycles. The van der Waals surface area contributed by atoms with E-state index < -0.39 is 0 Å². The molecule has 2 rings (SSSR count). The second-order valence-corrected chi connectivity index (χ2v) is 7.43. The number of carbonyl (C=O) groups excluding carboxylic acids is 1. The van der Waals surface area contributed by atoms with Crippen molar-refractivity contribution in [3.05, 3.63) is 69.2 Å². The van der Waals surface area contributed by atoms with E-state index in [1.54, 1.807) is 18.2 Å². The van der Waals surface area contributed by atoms with Crippen LogP contribution in [0.25, 0.3) is 6.08 Å². The number of para-hydroxylation sites is 1. The first-order valence-corrected chi connectivity index (χ1v) is 9.12. The summed E-state index contributed by atoms with van der Waals surface area (Å²) in [6.07, 6.45) is 3.24. The maximum absolute atomic E-state index is 12.4. The number of hydrogen-bond donors (Lipinski definition) is 1. The van der Waals surface area contributed by atoms with Crippen molar-refractivity contribution in [2.24, 2.45) is 0 Å². The lowest BCUT2D eigenvalue weighted by Gasteiger charge is -2.19. The van der Waals surface area contributed by atoms with E-state index in [9.17, 15) is 4.79 Å². The zero-order valence-electron chi connectivity index (χ0n) is 14.9. The van der Waals surface area contributed by atoms with Crippen molar-refractivity contribution in [3.63, 3.8) is 0 Å². The Morgan fingerprint density at radius 1 is 0.960 bits per heavy atom. The molecule has 0 radical (unpaired) electrons. The minimum Gasteiger partial charge on any atom is -0.322 e. The van der Waals surface area contributed by atoms with Gasteiger partial charge in [0.25, 0.3) is 0 Å². The van der Waals surface area contributed by atoms with Gasteiger partial charge in [-0.2, -0.15) is 0 Å². The van der Waals surface area contributed by atoms with E-state index in [2.05, 4.69) is 45.1 Å². The van der Waals surface area contributed by atoms with Crippen molar-refractivity contribution in [2.45, 2.75) is 39.5 Å². The lowest BCUT2D eigenvalue weighted by molar-refractivity contribution is -0.111. The van der Waals surface area contributed by atoms with Gasteiger partial charge in [0, 0.05) is 11.8 Å². The van der Waals surface area contributed by atoms with Gasteiger partial charge in [0.1, 0.15) is 0 Å². The smallest absolute Gasteiger partial charge is 0.248 e. The van der Waals surface area contributed by atoms with Crippen LogP contribution in [-0.2, 0) is 4.79 Å². The number of anilines is 1. The zero-order valence-corrected chi connectivity index (χ0v) is 16.4. The number of benzene rings is 2. The lowest BCUT2D eigenvalue weighted by atomic mass is 9.92. The highest BCUT2D eigenvalue weighted by atomic mass is 35.5. The molecule has 1 N–H and O–H groups in total. The van der Waals surface area contributed by atoms with Crippen LogP contribution in [0.1, 0.15) is 56.2 Å². The third-order valence-electron chi connectivity index (χ3n) is 3.99. The van der Waals surface area contributed by atoms with Gasteiger partial charge in [-0.15, -0.1) is 0 Å². The highest BCUT2D eigenvalue weighted by molar-refractivity contribution is 6.42. The van der Waals surface area contributed by atoms with Gasteiger partial charge < -0.3 is 5.32 Å². The Labute approximate surface area is 159 Å². The third-order valence-corrected chi connectivity index (χ3v) is 4.73. The number of amides is 1. The van der Waals surface area contributed by atoms with Crippen molar-refractivity contribution in [3.8, 4) is 0 Å². The zero-order chi connectivity index (χ0) is 18.6. The normalized spacial score (nSPS) is 11.5. The van der Waals surface area contributed by atoms with E-state index in [1.165, 1.54) is 6.08 Å². The van der Waals surface area contributed by atoms with Crippen LogP contribution in [0.5, 0.6) is 0 Å². The van der Waals surface area contributed by atoms with Gasteiger partial charge in [-0.25, -0.2) is 0 Å². The van der Waals surface area contributed by atoms with Crippen LogP contribution in [0.15, 0.2) is 42.5 Å². The molecule has 0 fully saturated rings. The van der Waals surface area contributed by atoms with Crippen LogP contribution in [0.3, 0.4) is 0 Å². The summed E-state index contributed by atoms with van der Waals surface area (Å²) in [5, 5.41) is 4.02. The summed E-state index contributed by atoms with van der Waals surface area (Å²) in [6.45, 7) is 8.50. The number of halogens is 2. The van der Waals surface area contributed by atoms with E-state index >= 15 is 0 Å². The number of rotatable bonds is 5. The second kappa shape index (κ2) is 8.55. The first kappa shape index (κ1) is 19.6. The van der Waals surface area contributed by atoms with Crippen LogP contribution >= 0.6 is 23.2 Å². The molecule has 0 aliphatic carbocycles. The van der Waals surface area contributed by atoms with Gasteiger partial charge in [-0.05, 0) is 46.7 Å². The lowest BCUT2D eigenvalue weighted by Crippen LogP contribution is -2.13. The molecule has 0 aliphatic heterocycles. The number of nitrogens with one attached hydrogen (secondary N) is 1. The SMILES string of the molecule is CC(C)c1cccc(C(C)C)c1NC(=O)/C=C/c1ccc(Cl)c(Cl)c1. The van der Waals surface area contributed by atoms with Crippen molar-refractivity contribution in [1.82, 2.24) is 0 Å². The summed E-state index contributed by atoms with van der Waals surface area (Å²) in [7, 11) is 0. The summed E-state index contributed by atoms with van der Waals surface area (Å²) in [6, 6.07) is 11.4. The molecular formula is C21H23Cl2NO. The fourth-order valence-electron chi connectivity index (χ4n) is 2.65. The maximum atomic E-state index is 12.4. The van der Waals surface area contributed by atoms with Crippen LogP contribution in [0.4, 0.5) is 5.69 Å². The minimum atomic E-state index is -0.166. The van der Waals surface area contributed by atoms with Crippen molar-refractivity contribution < 1.29 is 4.79 Å². The van der Waals surface area contributed by atoms with Crippen molar-refractivity contribution in [1.29, 1.82) is 0 Å². The van der Waals surface area contributed by atoms with Crippen LogP contribution in [0.2, 0.25) is 10.0 Å². The first-order chi connectivity index (χ1) is 11.8. The fraction of sp³-hybridized carbons (Fsp3) is 0.286. The molecule has 25 heavy (non-hydrogen) atoms. The Bertz CT molecular complexity index is 768. The molecule has 0 saturated heterocycles. The first-order valence-electron chi connectivity index (χ1n) is 8.36. The molecule has 0 saturated carbocycles. The number of hydrogen-bond acceptors (Lipinski definition) is 1. The Kier molecular flexibility index (Phi) is 6.69. The van der Waals surface area contributed by atoms with Crippen molar-refractivity contribution in [2.75, 3.05) is 5.32 Å². The van der Waals surface area contributed by atoms with E-state index in [0.717, 1.165) is 22.4 Å². The topological polar surface area (TPSA) is 29.1 Å². The van der Waals surface area contributed by atoms with Gasteiger partial charge in [-0.3, -0.25) is 4.79 Å². The average molecular weight is 376 g/mol. The monoisotopic (exact) mass is 375 g/mol. The molecule has 0 bridgehead atoms. The molecule has 4 heteroatoms. The Balaban J connectivity index is 2.25. The molecule has 0 heterocycles. The second-order valence-electron chi connectivity index (χ2n) is 6.62. The predicted octanol–water partition coefficient (Wildman–Crippen LogP) is 6.89. The van der Waals surface area contributed by atoms with Crippen molar-refractivity contribution >= 4 is 40.9 Å². The van der Waals surface area contributed by atoms with Gasteiger partial charge in [-0.1, -0.05) is 75.2 Å². The molecule has 132 valence electrons. The Morgan fingerprint density at radius 2 is 1.56 bits per heavy atom. The minimum absolute atomic E-state index is 0.166. The van der Waals surface area contributed by atoms with Gasteiger partial charge >= 0.3 is 0 Å².